The van der Waals surface area contributed by atoms with Crippen LogP contribution >= 0.6 is 11.6 Å². The van der Waals surface area contributed by atoms with Crippen molar-refractivity contribution >= 4 is 38.1 Å². The number of amides is 1. The summed E-state index contributed by atoms with van der Waals surface area (Å²) in [5, 5.41) is 5.00. The summed E-state index contributed by atoms with van der Waals surface area (Å²) < 4.78 is 28.3. The van der Waals surface area contributed by atoms with Gasteiger partial charge >= 0.3 is 0 Å². The Hall–Kier alpha value is -1.79. The van der Waals surface area contributed by atoms with Crippen molar-refractivity contribution in [2.75, 3.05) is 18.1 Å². The summed E-state index contributed by atoms with van der Waals surface area (Å²) in [6.45, 7) is -0.165. The van der Waals surface area contributed by atoms with Gasteiger partial charge in [-0.1, -0.05) is 35.9 Å². The van der Waals surface area contributed by atoms with Crippen molar-refractivity contribution in [2.24, 2.45) is 0 Å². The molecule has 0 bridgehead atoms. The van der Waals surface area contributed by atoms with Crippen LogP contribution in [0.4, 0.5) is 0 Å². The van der Waals surface area contributed by atoms with Gasteiger partial charge < -0.3 is 10.1 Å². The van der Waals surface area contributed by atoms with Gasteiger partial charge in [-0.15, -0.1) is 0 Å². The number of fused-ring (bicyclic) bond motifs is 1. The van der Waals surface area contributed by atoms with Gasteiger partial charge in [-0.2, -0.15) is 0 Å². The maximum absolute atomic E-state index is 11.9. The fraction of sp³-hybridized carbons (Fsp3) is 0.312. The fourth-order valence-corrected chi connectivity index (χ4v) is 4.58. The number of rotatable bonds is 4. The zero-order valence-electron chi connectivity index (χ0n) is 12.3. The van der Waals surface area contributed by atoms with Crippen molar-refractivity contribution in [1.82, 2.24) is 5.32 Å². The number of ether oxygens (including phenoxy) is 1. The summed E-state index contributed by atoms with van der Waals surface area (Å²) in [7, 11) is -3.01. The van der Waals surface area contributed by atoms with E-state index in [1.807, 2.05) is 24.3 Å². The molecule has 1 aliphatic rings. The second-order valence-corrected chi connectivity index (χ2v) is 8.18. The summed E-state index contributed by atoms with van der Waals surface area (Å²) >= 11 is 6.14. The summed E-state index contributed by atoms with van der Waals surface area (Å²) in [5.74, 6) is 0.369. The fourth-order valence-electron chi connectivity index (χ4n) is 2.68. The van der Waals surface area contributed by atoms with Gasteiger partial charge in [0.25, 0.3) is 5.91 Å². The molecule has 1 atom stereocenters. The molecule has 1 unspecified atom stereocenters. The van der Waals surface area contributed by atoms with Crippen LogP contribution in [0.25, 0.3) is 10.8 Å². The average Bonchev–Trinajstić information content (AvgIpc) is 2.86. The first kappa shape index (κ1) is 16.1. The Labute approximate surface area is 139 Å². The van der Waals surface area contributed by atoms with Crippen LogP contribution in [0.5, 0.6) is 5.75 Å². The Balaban J connectivity index is 1.65. The van der Waals surface area contributed by atoms with Gasteiger partial charge in [-0.25, -0.2) is 8.42 Å². The second-order valence-electron chi connectivity index (χ2n) is 5.55. The number of hydrogen-bond acceptors (Lipinski definition) is 4. The molecular weight excluding hydrogens is 338 g/mol. The Morgan fingerprint density at radius 1 is 1.22 bits per heavy atom. The average molecular weight is 354 g/mol. The topological polar surface area (TPSA) is 72.5 Å². The molecule has 3 rings (SSSR count). The van der Waals surface area contributed by atoms with Crippen LogP contribution in [0.1, 0.15) is 6.42 Å². The summed E-state index contributed by atoms with van der Waals surface area (Å²) in [6, 6.07) is 10.6. The van der Waals surface area contributed by atoms with E-state index in [0.29, 0.717) is 17.2 Å². The van der Waals surface area contributed by atoms with E-state index in [4.69, 9.17) is 16.3 Å². The molecule has 1 heterocycles. The molecule has 0 radical (unpaired) electrons. The largest absolute Gasteiger partial charge is 0.483 e. The lowest BCUT2D eigenvalue weighted by atomic mass is 10.1. The van der Waals surface area contributed by atoms with Gasteiger partial charge in [0.05, 0.1) is 11.5 Å². The normalized spacial score (nSPS) is 19.6. The molecule has 5 nitrogen and oxygen atoms in total. The lowest BCUT2D eigenvalue weighted by Crippen LogP contribution is -2.38. The molecule has 2 aromatic rings. The Bertz CT molecular complexity index is 850. The predicted octanol–water partition coefficient (Wildman–Crippen LogP) is 2.18. The number of nitrogens with one attached hydrogen (secondary N) is 1. The highest BCUT2D eigenvalue weighted by atomic mass is 35.5. The third-order valence-electron chi connectivity index (χ3n) is 3.79. The van der Waals surface area contributed by atoms with Gasteiger partial charge in [-0.05, 0) is 18.6 Å². The summed E-state index contributed by atoms with van der Waals surface area (Å²) in [5.41, 5.74) is 0. The van der Waals surface area contributed by atoms with Crippen LogP contribution in [-0.4, -0.2) is 38.5 Å². The molecule has 122 valence electrons. The Morgan fingerprint density at radius 3 is 2.65 bits per heavy atom. The lowest BCUT2D eigenvalue weighted by Gasteiger charge is -2.13. The third kappa shape index (κ3) is 3.76. The minimum absolute atomic E-state index is 0.00259. The van der Waals surface area contributed by atoms with E-state index in [0.717, 1.165) is 10.8 Å². The smallest absolute Gasteiger partial charge is 0.258 e. The molecule has 0 saturated carbocycles. The van der Waals surface area contributed by atoms with Crippen molar-refractivity contribution < 1.29 is 17.9 Å². The Kier molecular flexibility index (Phi) is 4.46. The minimum Gasteiger partial charge on any atom is -0.483 e. The number of carbonyl (C=O) groups excluding carboxylic acids is 1. The first-order chi connectivity index (χ1) is 10.9. The van der Waals surface area contributed by atoms with E-state index < -0.39 is 9.84 Å². The quantitative estimate of drug-likeness (QED) is 0.914. The monoisotopic (exact) mass is 353 g/mol. The summed E-state index contributed by atoms with van der Waals surface area (Å²) in [6.07, 6.45) is 0.456. The van der Waals surface area contributed by atoms with E-state index in [1.54, 1.807) is 12.1 Å². The molecule has 1 aliphatic heterocycles. The molecule has 1 amide bonds. The van der Waals surface area contributed by atoms with Crippen LogP contribution in [0, 0.1) is 0 Å². The molecule has 0 aromatic heterocycles. The highest BCUT2D eigenvalue weighted by Gasteiger charge is 2.28. The highest BCUT2D eigenvalue weighted by Crippen LogP contribution is 2.31. The first-order valence-corrected chi connectivity index (χ1v) is 9.44. The van der Waals surface area contributed by atoms with Gasteiger partial charge in [0.2, 0.25) is 0 Å². The minimum atomic E-state index is -3.01. The molecule has 1 N–H and O–H groups in total. The van der Waals surface area contributed by atoms with Crippen LogP contribution < -0.4 is 10.1 Å². The number of benzene rings is 2. The number of hydrogen-bond donors (Lipinski definition) is 1. The van der Waals surface area contributed by atoms with E-state index in [2.05, 4.69) is 5.32 Å². The van der Waals surface area contributed by atoms with Crippen molar-refractivity contribution in [3.05, 3.63) is 41.4 Å². The zero-order valence-corrected chi connectivity index (χ0v) is 13.9. The van der Waals surface area contributed by atoms with Crippen LogP contribution in [0.2, 0.25) is 5.02 Å². The molecule has 0 spiro atoms. The Morgan fingerprint density at radius 2 is 1.96 bits per heavy atom. The molecule has 23 heavy (non-hydrogen) atoms. The van der Waals surface area contributed by atoms with E-state index >= 15 is 0 Å². The predicted molar refractivity (Wildman–Crippen MR) is 89.7 cm³/mol. The van der Waals surface area contributed by atoms with Crippen LogP contribution in [0.3, 0.4) is 0 Å². The number of sulfone groups is 1. The van der Waals surface area contributed by atoms with Crippen LogP contribution in [0.15, 0.2) is 36.4 Å². The van der Waals surface area contributed by atoms with Crippen molar-refractivity contribution in [1.29, 1.82) is 0 Å². The van der Waals surface area contributed by atoms with E-state index in [1.165, 1.54) is 0 Å². The van der Waals surface area contributed by atoms with Crippen molar-refractivity contribution in [2.45, 2.75) is 12.5 Å². The molecule has 2 aromatic carbocycles. The van der Waals surface area contributed by atoms with Crippen LogP contribution in [-0.2, 0) is 14.6 Å². The van der Waals surface area contributed by atoms with Crippen molar-refractivity contribution in [3.8, 4) is 5.75 Å². The van der Waals surface area contributed by atoms with Gasteiger partial charge in [0.15, 0.2) is 16.4 Å². The maximum atomic E-state index is 11.9. The highest BCUT2D eigenvalue weighted by molar-refractivity contribution is 7.91. The summed E-state index contributed by atoms with van der Waals surface area (Å²) in [4.78, 5) is 11.9. The molecule has 1 fully saturated rings. The number of carbonyl (C=O) groups is 1. The molecule has 0 aliphatic carbocycles. The van der Waals surface area contributed by atoms with E-state index in [-0.39, 0.29) is 30.1 Å². The zero-order chi connectivity index (χ0) is 16.4. The maximum Gasteiger partial charge on any atom is 0.258 e. The first-order valence-electron chi connectivity index (χ1n) is 7.24. The molecular formula is C16H16ClNO4S. The SMILES string of the molecule is O=C(COc1ccc(Cl)c2ccccc12)NC1CCS(=O)(=O)C1. The standard InChI is InChI=1S/C16H16ClNO4S/c17-14-5-6-15(13-4-2-1-3-12(13)14)22-9-16(19)18-11-7-8-23(20,21)10-11/h1-6,11H,7-10H2,(H,18,19). The molecule has 7 heteroatoms. The number of halogens is 1. The van der Waals surface area contributed by atoms with E-state index in [9.17, 15) is 13.2 Å². The van der Waals surface area contributed by atoms with Crippen molar-refractivity contribution in [3.63, 3.8) is 0 Å². The van der Waals surface area contributed by atoms with Gasteiger partial charge in [-0.3, -0.25) is 4.79 Å². The lowest BCUT2D eigenvalue weighted by molar-refractivity contribution is -0.123. The second kappa shape index (κ2) is 6.37. The molecule has 1 saturated heterocycles. The third-order valence-corrected chi connectivity index (χ3v) is 5.88. The van der Waals surface area contributed by atoms with Gasteiger partial charge in [0.1, 0.15) is 5.75 Å². The van der Waals surface area contributed by atoms with Gasteiger partial charge in [0, 0.05) is 21.8 Å².